The highest BCUT2D eigenvalue weighted by atomic mass is 19.4. The van der Waals surface area contributed by atoms with Crippen LogP contribution in [0.15, 0.2) is 40.3 Å². The Kier molecular flexibility index (Phi) is 4.73. The van der Waals surface area contributed by atoms with Gasteiger partial charge in [0.1, 0.15) is 11.4 Å². The first kappa shape index (κ1) is 19.0. The molecule has 0 fully saturated rings. The van der Waals surface area contributed by atoms with Gasteiger partial charge in [-0.15, -0.1) is 0 Å². The van der Waals surface area contributed by atoms with Crippen LogP contribution in [-0.4, -0.2) is 36.6 Å². The van der Waals surface area contributed by atoms with E-state index in [9.17, 15) is 23.1 Å². The van der Waals surface area contributed by atoms with Crippen molar-refractivity contribution in [1.29, 1.82) is 0 Å². The molecule has 0 amide bonds. The number of aromatic hydroxyl groups is 1. The van der Waals surface area contributed by atoms with Crippen LogP contribution in [0.4, 0.5) is 24.5 Å². The first-order valence-electron chi connectivity index (χ1n) is 8.92. The molecule has 150 valence electrons. The number of nitrogens with one attached hydrogen (secondary N) is 1. The normalized spacial score (nSPS) is 14.4. The minimum Gasteiger partial charge on any atom is -0.504 e. The molecule has 0 spiro atoms. The van der Waals surface area contributed by atoms with Gasteiger partial charge in [0.05, 0.1) is 11.0 Å². The minimum atomic E-state index is -5.03. The summed E-state index contributed by atoms with van der Waals surface area (Å²) in [5.41, 5.74) is 2.96. The number of benzene rings is 2. The summed E-state index contributed by atoms with van der Waals surface area (Å²) in [4.78, 5) is 19.6. The molecule has 0 aliphatic carbocycles. The highest BCUT2D eigenvalue weighted by Crippen LogP contribution is 2.32. The summed E-state index contributed by atoms with van der Waals surface area (Å²) in [6, 6.07) is 7.56. The standard InChI is InChI=1S/C20H16F3N3O3/c21-20(22,23)19(28)29-13-3-1-11(2-4-13)5-7-25-15-9-14-16-12(6-8-24-14)10-26-17(16)18(15)27/h1-4,9-10,25,27H,5-8H2. The van der Waals surface area contributed by atoms with Gasteiger partial charge in [0, 0.05) is 24.5 Å². The van der Waals surface area contributed by atoms with E-state index >= 15 is 0 Å². The molecule has 0 atom stereocenters. The van der Waals surface area contributed by atoms with Gasteiger partial charge in [-0.25, -0.2) is 4.79 Å². The molecule has 0 bridgehead atoms. The van der Waals surface area contributed by atoms with Crippen LogP contribution in [0, 0.1) is 0 Å². The van der Waals surface area contributed by atoms with Crippen LogP contribution in [0.3, 0.4) is 0 Å². The zero-order chi connectivity index (χ0) is 20.6. The van der Waals surface area contributed by atoms with E-state index in [0.717, 1.165) is 28.1 Å². The zero-order valence-corrected chi connectivity index (χ0v) is 15.1. The number of carbonyl (C=O) groups is 1. The van der Waals surface area contributed by atoms with Crippen molar-refractivity contribution in [1.82, 2.24) is 0 Å². The van der Waals surface area contributed by atoms with Gasteiger partial charge in [0.15, 0.2) is 5.75 Å². The monoisotopic (exact) mass is 403 g/mol. The zero-order valence-electron chi connectivity index (χ0n) is 15.1. The van der Waals surface area contributed by atoms with Gasteiger partial charge >= 0.3 is 12.1 Å². The highest BCUT2D eigenvalue weighted by Gasteiger charge is 2.41. The summed E-state index contributed by atoms with van der Waals surface area (Å²) < 4.78 is 40.9. The summed E-state index contributed by atoms with van der Waals surface area (Å²) in [5, 5.41) is 15.3. The Morgan fingerprint density at radius 1 is 1.24 bits per heavy atom. The van der Waals surface area contributed by atoms with E-state index in [0.29, 0.717) is 30.9 Å². The van der Waals surface area contributed by atoms with Gasteiger partial charge in [-0.3, -0.25) is 9.98 Å². The summed E-state index contributed by atoms with van der Waals surface area (Å²) >= 11 is 0. The van der Waals surface area contributed by atoms with Crippen molar-refractivity contribution < 1.29 is 27.8 Å². The highest BCUT2D eigenvalue weighted by molar-refractivity contribution is 6.08. The maximum absolute atomic E-state index is 12.2. The molecule has 6 nitrogen and oxygen atoms in total. The topological polar surface area (TPSA) is 83.3 Å². The number of hydrogen-bond donors (Lipinski definition) is 2. The number of hydrogen-bond acceptors (Lipinski definition) is 6. The molecule has 2 aliphatic heterocycles. The van der Waals surface area contributed by atoms with Crippen LogP contribution in [0.5, 0.6) is 11.5 Å². The Labute approximate surface area is 163 Å². The molecule has 9 heteroatoms. The number of nitrogens with zero attached hydrogens (tertiary/aromatic N) is 2. The molecule has 0 unspecified atom stereocenters. The van der Waals surface area contributed by atoms with Gasteiger partial charge < -0.3 is 15.2 Å². The average Bonchev–Trinajstić information content (AvgIpc) is 3.12. The Balaban J connectivity index is 1.41. The number of halogens is 3. The third kappa shape index (κ3) is 3.80. The van der Waals surface area contributed by atoms with Gasteiger partial charge in [0.25, 0.3) is 0 Å². The number of phenols is 1. The van der Waals surface area contributed by atoms with Crippen LogP contribution < -0.4 is 20.6 Å². The van der Waals surface area contributed by atoms with Crippen LogP contribution in [0.25, 0.3) is 5.57 Å². The molecule has 2 aromatic rings. The van der Waals surface area contributed by atoms with Crippen molar-refractivity contribution in [3.05, 3.63) is 46.5 Å². The van der Waals surface area contributed by atoms with E-state index in [2.05, 4.69) is 20.0 Å². The van der Waals surface area contributed by atoms with Crippen molar-refractivity contribution in [2.24, 2.45) is 9.98 Å². The van der Waals surface area contributed by atoms with Crippen molar-refractivity contribution in [3.8, 4) is 11.5 Å². The Morgan fingerprint density at radius 3 is 2.72 bits per heavy atom. The molecule has 2 heterocycles. The van der Waals surface area contributed by atoms with Crippen LogP contribution >= 0.6 is 0 Å². The Hall–Kier alpha value is -3.36. The molecule has 29 heavy (non-hydrogen) atoms. The molecule has 0 radical (unpaired) electrons. The number of phenolic OH excluding ortho intramolecular Hbond substituents is 1. The average molecular weight is 403 g/mol. The predicted molar refractivity (Wildman–Crippen MR) is 100 cm³/mol. The van der Waals surface area contributed by atoms with E-state index in [1.807, 2.05) is 0 Å². The number of alkyl halides is 3. The summed E-state index contributed by atoms with van der Waals surface area (Å²) in [5.74, 6) is -2.36. The van der Waals surface area contributed by atoms with E-state index in [4.69, 9.17) is 0 Å². The van der Waals surface area contributed by atoms with E-state index in [1.54, 1.807) is 24.4 Å². The van der Waals surface area contributed by atoms with Gasteiger partial charge in [-0.2, -0.15) is 13.2 Å². The Bertz CT molecular complexity index is 1120. The second-order valence-corrected chi connectivity index (χ2v) is 6.64. The first-order valence-corrected chi connectivity index (χ1v) is 8.92. The molecule has 2 aromatic carbocycles. The number of carbonyl (C=O) groups excluding carboxylic acids is 1. The predicted octanol–water partition coefficient (Wildman–Crippen LogP) is 2.40. The fourth-order valence-electron chi connectivity index (χ4n) is 3.27. The Morgan fingerprint density at radius 2 is 2.00 bits per heavy atom. The molecule has 0 saturated heterocycles. The smallest absolute Gasteiger partial charge is 0.491 e. The lowest BCUT2D eigenvalue weighted by Gasteiger charge is -2.12. The fourth-order valence-corrected chi connectivity index (χ4v) is 3.27. The van der Waals surface area contributed by atoms with Crippen LogP contribution in [-0.2, 0) is 11.2 Å². The van der Waals surface area contributed by atoms with Crippen molar-refractivity contribution >= 4 is 29.1 Å². The van der Waals surface area contributed by atoms with E-state index < -0.39 is 12.1 Å². The van der Waals surface area contributed by atoms with Crippen molar-refractivity contribution in [2.45, 2.75) is 19.0 Å². The van der Waals surface area contributed by atoms with E-state index in [-0.39, 0.29) is 11.5 Å². The lowest BCUT2D eigenvalue weighted by atomic mass is 10.1. The van der Waals surface area contributed by atoms with Gasteiger partial charge in [-0.05, 0) is 42.2 Å². The fraction of sp³-hybridized carbons (Fsp3) is 0.250. The van der Waals surface area contributed by atoms with Crippen LogP contribution in [0.2, 0.25) is 0 Å². The number of aliphatic imine (C=N–C) groups is 1. The summed E-state index contributed by atoms with van der Waals surface area (Å²) in [7, 11) is 0. The van der Waals surface area contributed by atoms with Crippen molar-refractivity contribution in [2.75, 3.05) is 18.4 Å². The van der Waals surface area contributed by atoms with Gasteiger partial charge in [-0.1, -0.05) is 12.1 Å². The lowest BCUT2D eigenvalue weighted by Crippen LogP contribution is -2.30. The van der Waals surface area contributed by atoms with E-state index in [1.165, 1.54) is 12.1 Å². The number of anilines is 1. The first-order chi connectivity index (χ1) is 13.8. The third-order valence-electron chi connectivity index (χ3n) is 4.68. The molecule has 0 aromatic heterocycles. The molecule has 4 rings (SSSR count). The molecule has 2 N–H and O–H groups in total. The summed E-state index contributed by atoms with van der Waals surface area (Å²) in [6.07, 6.45) is -1.92. The quantitative estimate of drug-likeness (QED) is 0.456. The summed E-state index contributed by atoms with van der Waals surface area (Å²) in [6.45, 7) is 1.15. The van der Waals surface area contributed by atoms with Crippen LogP contribution in [0.1, 0.15) is 12.0 Å². The number of rotatable bonds is 5. The third-order valence-corrected chi connectivity index (χ3v) is 4.68. The van der Waals surface area contributed by atoms with Gasteiger partial charge in [0.2, 0.25) is 0 Å². The molecule has 2 aliphatic rings. The largest absolute Gasteiger partial charge is 0.504 e. The maximum Gasteiger partial charge on any atom is 0.491 e. The second kappa shape index (κ2) is 7.23. The van der Waals surface area contributed by atoms with Crippen molar-refractivity contribution in [3.63, 3.8) is 0 Å². The molecule has 0 saturated carbocycles. The lowest BCUT2D eigenvalue weighted by molar-refractivity contribution is -0.189. The minimum absolute atomic E-state index is 0.0708. The molecular weight excluding hydrogens is 387 g/mol. The number of ether oxygens (including phenoxy) is 1. The maximum atomic E-state index is 12.2. The SMILES string of the molecule is O=C(Oc1ccc(CCNc2cc3c4c(c2O)N=CC=4CCN=3)cc1)C(F)(F)F. The number of esters is 1. The molecular formula is C20H16F3N3O3. The second-order valence-electron chi connectivity index (χ2n) is 6.64.